The fraction of sp³-hybridized carbons (Fsp3) is 0.308. The van der Waals surface area contributed by atoms with Crippen molar-refractivity contribution >= 4 is 23.2 Å². The van der Waals surface area contributed by atoms with E-state index in [1.807, 2.05) is 18.2 Å². The Morgan fingerprint density at radius 3 is 3.12 bits per heavy atom. The molecule has 90 valence electrons. The molecule has 0 radical (unpaired) electrons. The van der Waals surface area contributed by atoms with E-state index < -0.39 is 0 Å². The van der Waals surface area contributed by atoms with Gasteiger partial charge >= 0.3 is 0 Å². The predicted molar refractivity (Wildman–Crippen MR) is 71.7 cm³/mol. The van der Waals surface area contributed by atoms with Gasteiger partial charge in [-0.3, -0.25) is 4.79 Å². The van der Waals surface area contributed by atoms with E-state index in [9.17, 15) is 4.79 Å². The monoisotopic (exact) mass is 249 g/mol. The number of anilines is 1. The van der Waals surface area contributed by atoms with Gasteiger partial charge in [-0.2, -0.15) is 11.8 Å². The number of Topliss-reactive ketones (excluding diaryl/α,β-unsaturated/α-hetero) is 1. The number of aliphatic hydroxyl groups is 1. The van der Waals surface area contributed by atoms with E-state index >= 15 is 0 Å². The molecule has 17 heavy (non-hydrogen) atoms. The molecule has 0 aromatic heterocycles. The molecule has 1 aliphatic heterocycles. The van der Waals surface area contributed by atoms with Crippen LogP contribution in [0.5, 0.6) is 0 Å². The Kier molecular flexibility index (Phi) is 3.86. The standard InChI is InChI=1S/C13H15NO2S/c1-9-6-11-7-10(2-3-12(11)14-9)13(16)8-17-5-4-15/h2-3,7,14-15H,1,4-6,8H2. The van der Waals surface area contributed by atoms with Crippen molar-refractivity contribution in [1.29, 1.82) is 0 Å². The zero-order valence-corrected chi connectivity index (χ0v) is 10.3. The van der Waals surface area contributed by atoms with Crippen molar-refractivity contribution in [2.75, 3.05) is 23.4 Å². The molecule has 0 aliphatic carbocycles. The van der Waals surface area contributed by atoms with Gasteiger partial charge in [-0.15, -0.1) is 0 Å². The Bertz CT molecular complexity index is 457. The first-order valence-corrected chi connectivity index (χ1v) is 6.65. The maximum Gasteiger partial charge on any atom is 0.172 e. The van der Waals surface area contributed by atoms with Crippen molar-refractivity contribution in [2.45, 2.75) is 6.42 Å². The first-order valence-electron chi connectivity index (χ1n) is 5.50. The van der Waals surface area contributed by atoms with Gasteiger partial charge in [0.15, 0.2) is 5.78 Å². The van der Waals surface area contributed by atoms with Crippen LogP contribution in [-0.4, -0.2) is 29.0 Å². The van der Waals surface area contributed by atoms with Crippen LogP contribution < -0.4 is 5.32 Å². The number of allylic oxidation sites excluding steroid dienone is 1. The summed E-state index contributed by atoms with van der Waals surface area (Å²) in [5, 5.41) is 11.8. The lowest BCUT2D eigenvalue weighted by Crippen LogP contribution is -2.04. The van der Waals surface area contributed by atoms with Crippen LogP contribution in [0.2, 0.25) is 0 Å². The molecule has 0 fully saturated rings. The summed E-state index contributed by atoms with van der Waals surface area (Å²) in [6.45, 7) is 3.99. The summed E-state index contributed by atoms with van der Waals surface area (Å²) in [4.78, 5) is 11.9. The number of hydrogen-bond donors (Lipinski definition) is 2. The number of benzene rings is 1. The van der Waals surface area contributed by atoms with Crippen LogP contribution in [0, 0.1) is 0 Å². The Labute approximate surface area is 105 Å². The van der Waals surface area contributed by atoms with Crippen molar-refractivity contribution in [3.8, 4) is 0 Å². The van der Waals surface area contributed by atoms with Gasteiger partial charge in [0.25, 0.3) is 0 Å². The number of nitrogens with one attached hydrogen (secondary N) is 1. The van der Waals surface area contributed by atoms with E-state index in [2.05, 4.69) is 11.9 Å². The molecule has 2 rings (SSSR count). The molecule has 1 aromatic carbocycles. The summed E-state index contributed by atoms with van der Waals surface area (Å²) in [7, 11) is 0. The minimum absolute atomic E-state index is 0.115. The van der Waals surface area contributed by atoms with Crippen molar-refractivity contribution in [3.63, 3.8) is 0 Å². The molecule has 0 saturated heterocycles. The van der Waals surface area contributed by atoms with Crippen LogP contribution in [0.4, 0.5) is 5.69 Å². The zero-order chi connectivity index (χ0) is 12.3. The normalized spacial score (nSPS) is 13.4. The highest BCUT2D eigenvalue weighted by atomic mass is 32.2. The second-order valence-corrected chi connectivity index (χ2v) is 5.08. The van der Waals surface area contributed by atoms with Gasteiger partial charge in [0.2, 0.25) is 0 Å². The quantitative estimate of drug-likeness (QED) is 0.619. The van der Waals surface area contributed by atoms with E-state index in [1.54, 1.807) is 0 Å². The Morgan fingerprint density at radius 2 is 2.35 bits per heavy atom. The van der Waals surface area contributed by atoms with Crippen LogP contribution in [0.3, 0.4) is 0 Å². The van der Waals surface area contributed by atoms with Gasteiger partial charge in [-0.1, -0.05) is 6.58 Å². The van der Waals surface area contributed by atoms with E-state index in [0.29, 0.717) is 11.5 Å². The van der Waals surface area contributed by atoms with Crippen molar-refractivity contribution in [1.82, 2.24) is 0 Å². The van der Waals surface area contributed by atoms with Crippen LogP contribution >= 0.6 is 11.8 Å². The highest BCUT2D eigenvalue weighted by Crippen LogP contribution is 2.28. The predicted octanol–water partition coefficient (Wildman–Crippen LogP) is 2.08. The highest BCUT2D eigenvalue weighted by Gasteiger charge is 2.15. The lowest BCUT2D eigenvalue weighted by atomic mass is 10.1. The largest absolute Gasteiger partial charge is 0.396 e. The van der Waals surface area contributed by atoms with Crippen LogP contribution in [0.1, 0.15) is 15.9 Å². The lowest BCUT2D eigenvalue weighted by molar-refractivity contribution is 0.102. The number of carbonyl (C=O) groups excluding carboxylic acids is 1. The third-order valence-electron chi connectivity index (χ3n) is 2.61. The van der Waals surface area contributed by atoms with Crippen LogP contribution in [0.25, 0.3) is 0 Å². The summed E-state index contributed by atoms with van der Waals surface area (Å²) in [5.41, 5.74) is 3.90. The molecule has 0 saturated carbocycles. The fourth-order valence-corrected chi connectivity index (χ4v) is 2.44. The number of aliphatic hydroxyl groups excluding tert-OH is 1. The molecular weight excluding hydrogens is 234 g/mol. The Morgan fingerprint density at radius 1 is 1.53 bits per heavy atom. The maximum atomic E-state index is 11.9. The lowest BCUT2D eigenvalue weighted by Gasteiger charge is -2.03. The average molecular weight is 249 g/mol. The van der Waals surface area contributed by atoms with Gasteiger partial charge in [0.1, 0.15) is 0 Å². The van der Waals surface area contributed by atoms with E-state index in [0.717, 1.165) is 28.9 Å². The highest BCUT2D eigenvalue weighted by molar-refractivity contribution is 8.00. The number of ketones is 1. The number of fused-ring (bicyclic) bond motifs is 1. The number of thioether (sulfide) groups is 1. The summed E-state index contributed by atoms with van der Waals surface area (Å²) in [5.74, 6) is 1.15. The molecule has 4 heteroatoms. The molecule has 0 spiro atoms. The smallest absolute Gasteiger partial charge is 0.172 e. The van der Waals surface area contributed by atoms with E-state index in [1.165, 1.54) is 11.8 Å². The Hall–Kier alpha value is -1.26. The van der Waals surface area contributed by atoms with Gasteiger partial charge in [0.05, 0.1) is 12.4 Å². The first kappa shape index (κ1) is 12.2. The summed E-state index contributed by atoms with van der Waals surface area (Å²) in [6, 6.07) is 5.70. The molecule has 0 unspecified atom stereocenters. The van der Waals surface area contributed by atoms with Crippen LogP contribution in [0.15, 0.2) is 30.5 Å². The molecular formula is C13H15NO2S. The van der Waals surface area contributed by atoms with Crippen molar-refractivity contribution in [2.24, 2.45) is 0 Å². The SMILES string of the molecule is C=C1Cc2cc(C(=O)CSCCO)ccc2N1. The minimum Gasteiger partial charge on any atom is -0.396 e. The second-order valence-electron chi connectivity index (χ2n) is 3.98. The van der Waals surface area contributed by atoms with E-state index in [-0.39, 0.29) is 12.4 Å². The molecule has 0 bridgehead atoms. The van der Waals surface area contributed by atoms with Crippen molar-refractivity contribution < 1.29 is 9.90 Å². The third-order valence-corrected chi connectivity index (χ3v) is 3.55. The number of rotatable bonds is 5. The van der Waals surface area contributed by atoms with Gasteiger partial charge in [0, 0.05) is 29.1 Å². The topological polar surface area (TPSA) is 49.3 Å². The van der Waals surface area contributed by atoms with Crippen molar-refractivity contribution in [3.05, 3.63) is 41.6 Å². The molecule has 0 amide bonds. The fourth-order valence-electron chi connectivity index (χ4n) is 1.81. The first-order chi connectivity index (χ1) is 8.20. The minimum atomic E-state index is 0.115. The second kappa shape index (κ2) is 5.38. The summed E-state index contributed by atoms with van der Waals surface area (Å²) >= 11 is 1.46. The van der Waals surface area contributed by atoms with Gasteiger partial charge < -0.3 is 10.4 Å². The zero-order valence-electron chi connectivity index (χ0n) is 9.53. The molecule has 2 N–H and O–H groups in total. The molecule has 1 aliphatic rings. The number of carbonyl (C=O) groups is 1. The molecule has 0 atom stereocenters. The average Bonchev–Trinajstić information content (AvgIpc) is 2.68. The third kappa shape index (κ3) is 2.90. The molecule has 1 aromatic rings. The summed E-state index contributed by atoms with van der Waals surface area (Å²) < 4.78 is 0. The number of hydrogen-bond acceptors (Lipinski definition) is 4. The molecule has 3 nitrogen and oxygen atoms in total. The Balaban J connectivity index is 2.05. The van der Waals surface area contributed by atoms with Gasteiger partial charge in [-0.25, -0.2) is 0 Å². The van der Waals surface area contributed by atoms with Crippen LogP contribution in [-0.2, 0) is 6.42 Å². The molecule has 1 heterocycles. The summed E-state index contributed by atoms with van der Waals surface area (Å²) in [6.07, 6.45) is 0.792. The van der Waals surface area contributed by atoms with Gasteiger partial charge in [-0.05, 0) is 23.8 Å². The van der Waals surface area contributed by atoms with E-state index in [4.69, 9.17) is 5.11 Å². The maximum absolute atomic E-state index is 11.9.